The average molecular weight is 439 g/mol. The fourth-order valence-corrected chi connectivity index (χ4v) is 2.44. The van der Waals surface area contributed by atoms with Gasteiger partial charge in [0.25, 0.3) is 0 Å². The van der Waals surface area contributed by atoms with Crippen LogP contribution in [0.15, 0.2) is 58.7 Å². The van der Waals surface area contributed by atoms with Crippen molar-refractivity contribution < 1.29 is 19.1 Å². The largest absolute Gasteiger partial charge is 0.494 e. The molecule has 2 amide bonds. The second-order valence-electron chi connectivity index (χ2n) is 6.92. The van der Waals surface area contributed by atoms with Crippen LogP contribution in [0.1, 0.15) is 50.7 Å². The van der Waals surface area contributed by atoms with Gasteiger partial charge in [0.1, 0.15) is 11.5 Å². The molecule has 170 valence electrons. The Labute approximate surface area is 188 Å². The van der Waals surface area contributed by atoms with Crippen LogP contribution in [-0.2, 0) is 9.59 Å². The Kier molecular flexibility index (Phi) is 11.0. The highest BCUT2D eigenvalue weighted by Crippen LogP contribution is 2.12. The topological polar surface area (TPSA) is 101 Å². The van der Waals surface area contributed by atoms with Crippen molar-refractivity contribution in [2.24, 2.45) is 10.2 Å². The Morgan fingerprint density at radius 3 is 1.44 bits per heavy atom. The summed E-state index contributed by atoms with van der Waals surface area (Å²) >= 11 is 0. The molecule has 0 saturated carbocycles. The van der Waals surface area contributed by atoms with Gasteiger partial charge in [0, 0.05) is 12.8 Å². The highest BCUT2D eigenvalue weighted by atomic mass is 16.5. The van der Waals surface area contributed by atoms with Crippen molar-refractivity contribution in [2.75, 3.05) is 13.2 Å². The van der Waals surface area contributed by atoms with Crippen LogP contribution in [0.4, 0.5) is 0 Å². The van der Waals surface area contributed by atoms with Gasteiger partial charge in [0.15, 0.2) is 0 Å². The number of hydrogen-bond acceptors (Lipinski definition) is 6. The molecule has 0 aliphatic rings. The zero-order valence-corrected chi connectivity index (χ0v) is 18.5. The van der Waals surface area contributed by atoms with E-state index >= 15 is 0 Å². The number of benzene rings is 2. The molecule has 8 heteroatoms. The summed E-state index contributed by atoms with van der Waals surface area (Å²) in [5, 5.41) is 7.80. The zero-order chi connectivity index (χ0) is 23.0. The van der Waals surface area contributed by atoms with E-state index in [2.05, 4.69) is 21.1 Å². The van der Waals surface area contributed by atoms with Gasteiger partial charge in [-0.1, -0.05) is 13.8 Å². The van der Waals surface area contributed by atoms with Gasteiger partial charge in [0.2, 0.25) is 11.8 Å². The van der Waals surface area contributed by atoms with Crippen molar-refractivity contribution in [2.45, 2.75) is 39.5 Å². The van der Waals surface area contributed by atoms with Gasteiger partial charge in [-0.3, -0.25) is 9.59 Å². The Morgan fingerprint density at radius 2 is 1.09 bits per heavy atom. The number of hydrazone groups is 2. The number of hydrogen-bond donors (Lipinski definition) is 2. The second kappa shape index (κ2) is 14.3. The SMILES string of the molecule is CCCOc1ccc(/C=N/NC(=O)CCC(=O)N/N=C/c2ccc(OCCC)cc2)cc1. The van der Waals surface area contributed by atoms with Crippen LogP contribution < -0.4 is 20.3 Å². The molecule has 2 N–H and O–H groups in total. The Hall–Kier alpha value is -3.68. The number of nitrogens with one attached hydrogen (secondary N) is 2. The van der Waals surface area contributed by atoms with Crippen molar-refractivity contribution in [1.29, 1.82) is 0 Å². The molecular weight excluding hydrogens is 408 g/mol. The van der Waals surface area contributed by atoms with Gasteiger partial charge in [-0.25, -0.2) is 10.9 Å². The fourth-order valence-electron chi connectivity index (χ4n) is 2.44. The molecule has 0 atom stereocenters. The third-order valence-corrected chi connectivity index (χ3v) is 4.09. The van der Waals surface area contributed by atoms with Crippen LogP contribution in [0.25, 0.3) is 0 Å². The molecule has 8 nitrogen and oxygen atoms in total. The lowest BCUT2D eigenvalue weighted by Crippen LogP contribution is -2.22. The minimum atomic E-state index is -0.356. The number of ether oxygens (including phenoxy) is 2. The zero-order valence-electron chi connectivity index (χ0n) is 18.5. The van der Waals surface area contributed by atoms with Crippen LogP contribution in [0, 0.1) is 0 Å². The van der Waals surface area contributed by atoms with Crippen LogP contribution in [0.5, 0.6) is 11.5 Å². The minimum Gasteiger partial charge on any atom is -0.494 e. The summed E-state index contributed by atoms with van der Waals surface area (Å²) in [4.78, 5) is 23.7. The van der Waals surface area contributed by atoms with Crippen molar-refractivity contribution in [3.05, 3.63) is 59.7 Å². The number of carbonyl (C=O) groups excluding carboxylic acids is 2. The van der Waals surface area contributed by atoms with Crippen molar-refractivity contribution in [3.8, 4) is 11.5 Å². The van der Waals surface area contributed by atoms with Gasteiger partial charge in [-0.15, -0.1) is 0 Å². The molecule has 0 aliphatic carbocycles. The van der Waals surface area contributed by atoms with Crippen LogP contribution >= 0.6 is 0 Å². The maximum Gasteiger partial charge on any atom is 0.240 e. The van der Waals surface area contributed by atoms with Gasteiger partial charge >= 0.3 is 0 Å². The van der Waals surface area contributed by atoms with Crippen LogP contribution in [-0.4, -0.2) is 37.5 Å². The van der Waals surface area contributed by atoms with Crippen LogP contribution in [0.3, 0.4) is 0 Å². The highest BCUT2D eigenvalue weighted by Gasteiger charge is 2.05. The highest BCUT2D eigenvalue weighted by molar-refractivity contribution is 5.86. The standard InChI is InChI=1S/C24H30N4O4/c1-3-15-31-21-9-5-19(6-10-21)17-25-27-23(29)13-14-24(30)28-26-18-20-7-11-22(12-8-20)32-16-4-2/h5-12,17-18H,3-4,13-16H2,1-2H3,(H,27,29)(H,28,30)/b25-17+,26-18+. The van der Waals surface area contributed by atoms with E-state index in [1.165, 1.54) is 12.4 Å². The Bertz CT molecular complexity index is 818. The predicted molar refractivity (Wildman–Crippen MR) is 125 cm³/mol. The summed E-state index contributed by atoms with van der Waals surface area (Å²) < 4.78 is 11.0. The molecule has 0 aliphatic heterocycles. The van der Waals surface area contributed by atoms with Crippen molar-refractivity contribution in [3.63, 3.8) is 0 Å². The first-order valence-electron chi connectivity index (χ1n) is 10.7. The number of amides is 2. The summed E-state index contributed by atoms with van der Waals surface area (Å²) in [5.41, 5.74) is 6.46. The molecule has 0 unspecified atom stereocenters. The lowest BCUT2D eigenvalue weighted by atomic mass is 10.2. The summed E-state index contributed by atoms with van der Waals surface area (Å²) in [5.74, 6) is 0.872. The van der Waals surface area contributed by atoms with E-state index in [9.17, 15) is 9.59 Å². The summed E-state index contributed by atoms with van der Waals surface area (Å²) in [6.07, 6.45) is 4.97. The molecule has 0 aromatic heterocycles. The number of nitrogens with zero attached hydrogens (tertiary/aromatic N) is 2. The van der Waals surface area contributed by atoms with E-state index in [0.717, 1.165) is 35.5 Å². The summed E-state index contributed by atoms with van der Waals surface area (Å²) in [6, 6.07) is 14.8. The first-order valence-corrected chi connectivity index (χ1v) is 10.7. The Balaban J connectivity index is 1.65. The maximum absolute atomic E-state index is 11.8. The van der Waals surface area contributed by atoms with E-state index in [-0.39, 0.29) is 24.7 Å². The molecule has 0 spiro atoms. The van der Waals surface area contributed by atoms with Gasteiger partial charge in [-0.2, -0.15) is 10.2 Å². The van der Waals surface area contributed by atoms with Gasteiger partial charge in [0.05, 0.1) is 25.6 Å². The molecule has 0 fully saturated rings. The van der Waals surface area contributed by atoms with E-state index in [4.69, 9.17) is 9.47 Å². The number of rotatable bonds is 13. The summed E-state index contributed by atoms with van der Waals surface area (Å²) in [6.45, 7) is 5.43. The molecule has 2 rings (SSSR count). The van der Waals surface area contributed by atoms with Crippen molar-refractivity contribution >= 4 is 24.2 Å². The summed E-state index contributed by atoms with van der Waals surface area (Å²) in [7, 11) is 0. The van der Waals surface area contributed by atoms with Gasteiger partial charge < -0.3 is 9.47 Å². The molecule has 2 aromatic rings. The lowest BCUT2D eigenvalue weighted by Gasteiger charge is -2.04. The molecule has 2 aromatic carbocycles. The molecule has 0 radical (unpaired) electrons. The first kappa shape index (κ1) is 24.6. The van der Waals surface area contributed by atoms with E-state index in [0.29, 0.717) is 13.2 Å². The lowest BCUT2D eigenvalue weighted by molar-refractivity contribution is -0.126. The monoisotopic (exact) mass is 438 g/mol. The fraction of sp³-hybridized carbons (Fsp3) is 0.333. The normalized spacial score (nSPS) is 10.9. The molecule has 32 heavy (non-hydrogen) atoms. The molecule has 0 bridgehead atoms. The van der Waals surface area contributed by atoms with Crippen molar-refractivity contribution in [1.82, 2.24) is 10.9 Å². The first-order chi connectivity index (χ1) is 15.6. The molecule has 0 saturated heterocycles. The number of carbonyl (C=O) groups is 2. The minimum absolute atomic E-state index is 0.00591. The quantitative estimate of drug-likeness (QED) is 0.368. The average Bonchev–Trinajstić information content (AvgIpc) is 2.81. The smallest absolute Gasteiger partial charge is 0.240 e. The third-order valence-electron chi connectivity index (χ3n) is 4.09. The second-order valence-corrected chi connectivity index (χ2v) is 6.92. The predicted octanol–water partition coefficient (Wildman–Crippen LogP) is 3.64. The van der Waals surface area contributed by atoms with E-state index in [1.54, 1.807) is 0 Å². The third kappa shape index (κ3) is 9.88. The Morgan fingerprint density at radius 1 is 0.719 bits per heavy atom. The van der Waals surface area contributed by atoms with Gasteiger partial charge in [-0.05, 0) is 72.5 Å². The van der Waals surface area contributed by atoms with E-state index < -0.39 is 0 Å². The van der Waals surface area contributed by atoms with Crippen LogP contribution in [0.2, 0.25) is 0 Å². The molecular formula is C24H30N4O4. The molecule has 0 heterocycles. The maximum atomic E-state index is 11.8. The van der Waals surface area contributed by atoms with E-state index in [1.807, 2.05) is 62.4 Å².